The summed E-state index contributed by atoms with van der Waals surface area (Å²) < 4.78 is 0. The molecule has 0 aromatic carbocycles. The largest absolute Gasteiger partial charge is 0.394 e. The zero-order valence-electron chi connectivity index (χ0n) is 11.0. The minimum Gasteiger partial charge on any atom is -0.394 e. The van der Waals surface area contributed by atoms with Gasteiger partial charge in [0.15, 0.2) is 5.82 Å². The summed E-state index contributed by atoms with van der Waals surface area (Å²) in [4.78, 5) is 8.21. The van der Waals surface area contributed by atoms with Crippen LogP contribution in [0.25, 0.3) is 0 Å². The maximum atomic E-state index is 5.98. The van der Waals surface area contributed by atoms with Crippen molar-refractivity contribution in [3.63, 3.8) is 0 Å². The van der Waals surface area contributed by atoms with Crippen molar-refractivity contribution in [2.75, 3.05) is 11.1 Å². The van der Waals surface area contributed by atoms with Gasteiger partial charge in [0.1, 0.15) is 0 Å². The fourth-order valence-electron chi connectivity index (χ4n) is 1.91. The Bertz CT molecular complexity index is 380. The average molecular weight is 257 g/mol. The van der Waals surface area contributed by atoms with Gasteiger partial charge in [-0.2, -0.15) is 4.98 Å². The molecule has 0 aliphatic rings. The summed E-state index contributed by atoms with van der Waals surface area (Å²) in [5.74, 6) is 0.646. The summed E-state index contributed by atoms with van der Waals surface area (Å²) in [6.07, 6.45) is 3.04. The first-order valence-corrected chi connectivity index (χ1v) is 6.43. The van der Waals surface area contributed by atoms with E-state index < -0.39 is 0 Å². The lowest BCUT2D eigenvalue weighted by atomic mass is 9.90. The van der Waals surface area contributed by atoms with Crippen LogP contribution in [-0.2, 0) is 0 Å². The molecule has 96 valence electrons. The Morgan fingerprint density at radius 3 is 2.18 bits per heavy atom. The molecule has 0 fully saturated rings. The zero-order valence-corrected chi connectivity index (χ0v) is 11.7. The first kappa shape index (κ1) is 14.0. The molecule has 0 saturated carbocycles. The highest BCUT2D eigenvalue weighted by atomic mass is 35.5. The number of aryl methyl sites for hydroxylation is 1. The maximum Gasteiger partial charge on any atom is 0.224 e. The molecule has 1 aromatic rings. The highest BCUT2D eigenvalue weighted by Gasteiger charge is 2.25. The monoisotopic (exact) mass is 256 g/mol. The molecule has 3 N–H and O–H groups in total. The van der Waals surface area contributed by atoms with Crippen LogP contribution in [0.2, 0.25) is 5.28 Å². The van der Waals surface area contributed by atoms with Crippen LogP contribution in [0.1, 0.15) is 45.7 Å². The second-order valence-corrected chi connectivity index (χ2v) is 4.64. The van der Waals surface area contributed by atoms with Crippen LogP contribution >= 0.6 is 11.6 Å². The second kappa shape index (κ2) is 5.54. The van der Waals surface area contributed by atoms with Gasteiger partial charge in [0.2, 0.25) is 5.28 Å². The van der Waals surface area contributed by atoms with Crippen molar-refractivity contribution in [3.8, 4) is 0 Å². The zero-order chi connectivity index (χ0) is 13.1. The normalized spacial score (nSPS) is 11.6. The SMILES string of the molecule is CCC(CC)(CC)Nc1nc(Cl)nc(C)c1N. The molecular formula is C12H21ClN4. The number of halogens is 1. The Balaban J connectivity index is 3.09. The molecule has 1 aromatic heterocycles. The number of anilines is 2. The van der Waals surface area contributed by atoms with E-state index in [0.29, 0.717) is 17.2 Å². The third kappa shape index (κ3) is 3.00. The van der Waals surface area contributed by atoms with E-state index in [1.54, 1.807) is 0 Å². The van der Waals surface area contributed by atoms with Crippen molar-refractivity contribution in [1.29, 1.82) is 0 Å². The van der Waals surface area contributed by atoms with E-state index >= 15 is 0 Å². The molecule has 0 aliphatic heterocycles. The summed E-state index contributed by atoms with van der Waals surface area (Å²) in [6, 6.07) is 0. The molecule has 0 radical (unpaired) electrons. The van der Waals surface area contributed by atoms with E-state index in [4.69, 9.17) is 17.3 Å². The summed E-state index contributed by atoms with van der Waals surface area (Å²) in [5.41, 5.74) is 7.29. The quantitative estimate of drug-likeness (QED) is 0.793. The minimum atomic E-state index is 0.0260. The Hall–Kier alpha value is -1.03. The molecule has 0 aliphatic carbocycles. The maximum absolute atomic E-state index is 5.98. The van der Waals surface area contributed by atoms with E-state index in [0.717, 1.165) is 19.3 Å². The van der Waals surface area contributed by atoms with Gasteiger partial charge in [-0.15, -0.1) is 0 Å². The molecule has 1 heterocycles. The van der Waals surface area contributed by atoms with Gasteiger partial charge in [-0.25, -0.2) is 4.98 Å². The number of rotatable bonds is 5. The minimum absolute atomic E-state index is 0.0260. The van der Waals surface area contributed by atoms with Gasteiger partial charge in [-0.1, -0.05) is 20.8 Å². The Morgan fingerprint density at radius 1 is 1.18 bits per heavy atom. The number of nitrogen functional groups attached to an aromatic ring is 1. The third-order valence-electron chi connectivity index (χ3n) is 3.52. The molecule has 4 nitrogen and oxygen atoms in total. The first-order valence-electron chi connectivity index (χ1n) is 6.05. The highest BCUT2D eigenvalue weighted by molar-refractivity contribution is 6.28. The van der Waals surface area contributed by atoms with E-state index in [2.05, 4.69) is 36.1 Å². The third-order valence-corrected chi connectivity index (χ3v) is 3.69. The van der Waals surface area contributed by atoms with E-state index in [1.807, 2.05) is 6.92 Å². The van der Waals surface area contributed by atoms with Crippen molar-refractivity contribution < 1.29 is 0 Å². The summed E-state index contributed by atoms with van der Waals surface area (Å²) in [5, 5.41) is 3.66. The average Bonchev–Trinajstić information content (AvgIpc) is 2.32. The fraction of sp³-hybridized carbons (Fsp3) is 0.667. The molecule has 5 heteroatoms. The van der Waals surface area contributed by atoms with Gasteiger partial charge in [0.25, 0.3) is 0 Å². The lowest BCUT2D eigenvalue weighted by molar-refractivity contribution is 0.419. The molecule has 0 unspecified atom stereocenters. The second-order valence-electron chi connectivity index (χ2n) is 4.31. The van der Waals surface area contributed by atoms with Crippen molar-refractivity contribution in [2.45, 2.75) is 52.5 Å². The molecule has 17 heavy (non-hydrogen) atoms. The van der Waals surface area contributed by atoms with Gasteiger partial charge >= 0.3 is 0 Å². The van der Waals surface area contributed by atoms with Crippen molar-refractivity contribution in [2.24, 2.45) is 0 Å². The van der Waals surface area contributed by atoms with Crippen LogP contribution in [0, 0.1) is 6.92 Å². The van der Waals surface area contributed by atoms with Gasteiger partial charge in [0, 0.05) is 5.54 Å². The van der Waals surface area contributed by atoms with E-state index in [-0.39, 0.29) is 10.8 Å². The van der Waals surface area contributed by atoms with Gasteiger partial charge in [0.05, 0.1) is 11.4 Å². The molecule has 1 rings (SSSR count). The Labute approximate surface area is 108 Å². The summed E-state index contributed by atoms with van der Waals surface area (Å²) in [7, 11) is 0. The van der Waals surface area contributed by atoms with Crippen LogP contribution in [0.15, 0.2) is 0 Å². The summed E-state index contributed by atoms with van der Waals surface area (Å²) >= 11 is 5.86. The molecule has 0 atom stereocenters. The number of nitrogens with one attached hydrogen (secondary N) is 1. The summed E-state index contributed by atoms with van der Waals surface area (Å²) in [6.45, 7) is 8.31. The standard InChI is InChI=1S/C12H21ClN4/c1-5-12(6-2,7-3)17-10-9(14)8(4)15-11(13)16-10/h5-7,14H2,1-4H3,(H,15,16,17). The Kier molecular flexibility index (Phi) is 4.57. The molecule has 0 bridgehead atoms. The van der Waals surface area contributed by atoms with Crippen molar-refractivity contribution >= 4 is 23.1 Å². The van der Waals surface area contributed by atoms with E-state index in [9.17, 15) is 0 Å². The van der Waals surface area contributed by atoms with Crippen LogP contribution < -0.4 is 11.1 Å². The number of aromatic nitrogens is 2. The fourth-order valence-corrected chi connectivity index (χ4v) is 2.12. The van der Waals surface area contributed by atoms with Crippen LogP contribution in [0.4, 0.5) is 11.5 Å². The Morgan fingerprint density at radius 2 is 1.71 bits per heavy atom. The molecule has 0 saturated heterocycles. The topological polar surface area (TPSA) is 63.8 Å². The van der Waals surface area contributed by atoms with Gasteiger partial charge in [-0.3, -0.25) is 0 Å². The molecule has 0 spiro atoms. The highest BCUT2D eigenvalue weighted by Crippen LogP contribution is 2.29. The number of nitrogens with zero attached hydrogens (tertiary/aromatic N) is 2. The van der Waals surface area contributed by atoms with Crippen molar-refractivity contribution in [1.82, 2.24) is 9.97 Å². The predicted octanol–water partition coefficient (Wildman–Crippen LogP) is 3.40. The lowest BCUT2D eigenvalue weighted by Gasteiger charge is -2.33. The van der Waals surface area contributed by atoms with Crippen LogP contribution in [0.5, 0.6) is 0 Å². The molecular weight excluding hydrogens is 236 g/mol. The van der Waals surface area contributed by atoms with Crippen molar-refractivity contribution in [3.05, 3.63) is 11.0 Å². The van der Waals surface area contributed by atoms with E-state index in [1.165, 1.54) is 0 Å². The predicted molar refractivity (Wildman–Crippen MR) is 73.4 cm³/mol. The number of nitrogens with two attached hydrogens (primary N) is 1. The smallest absolute Gasteiger partial charge is 0.224 e. The van der Waals surface area contributed by atoms with Gasteiger partial charge < -0.3 is 11.1 Å². The van der Waals surface area contributed by atoms with Crippen LogP contribution in [0.3, 0.4) is 0 Å². The first-order chi connectivity index (χ1) is 7.98. The molecule has 0 amide bonds. The number of hydrogen-bond donors (Lipinski definition) is 2. The lowest BCUT2D eigenvalue weighted by Crippen LogP contribution is -2.37. The number of hydrogen-bond acceptors (Lipinski definition) is 4. The van der Waals surface area contributed by atoms with Crippen LogP contribution in [-0.4, -0.2) is 15.5 Å². The van der Waals surface area contributed by atoms with Gasteiger partial charge in [-0.05, 0) is 37.8 Å².